The molecular weight excluding hydrogens is 774 g/mol. The van der Waals surface area contributed by atoms with Gasteiger partial charge in [-0.2, -0.15) is 0 Å². The molecule has 0 aliphatic rings. The standard InChI is InChI=1S/C50H84NO8P/c1-6-8-10-12-14-16-18-20-22-24-25-27-29-31-33-35-37-39-41-43-50(53)59-48(47-58-60(54,55)57-45-44-51(3,4)5)46-56-49(52)42-40-38-36-34-32-30-28-26-23-21-19-17-15-13-11-9-7-2/h14-17,20-23,25,27-28,30-31,33,37,39,48H,6-13,18-19,24,26,29,32,34-36,38,40-47H2,1-5H3/p+1/b16-14-,17-15-,22-20-,23-21-,27-25-,30-28-,33-31-,39-37-/t48-/m1/s1. The van der Waals surface area contributed by atoms with Crippen LogP contribution in [0.4, 0.5) is 0 Å². The molecule has 1 N–H and O–H groups in total. The van der Waals surface area contributed by atoms with E-state index in [1.807, 2.05) is 33.3 Å². The van der Waals surface area contributed by atoms with Crippen LogP contribution in [0.1, 0.15) is 155 Å². The number of phosphoric ester groups is 1. The van der Waals surface area contributed by atoms with Crippen LogP contribution in [0, 0.1) is 0 Å². The van der Waals surface area contributed by atoms with Crippen molar-refractivity contribution in [2.45, 2.75) is 161 Å². The Kier molecular flexibility index (Phi) is 39.2. The third-order valence-corrected chi connectivity index (χ3v) is 10.1. The molecule has 0 aromatic heterocycles. The van der Waals surface area contributed by atoms with E-state index in [2.05, 4.69) is 98.9 Å². The van der Waals surface area contributed by atoms with Crippen LogP contribution >= 0.6 is 7.82 Å². The summed E-state index contributed by atoms with van der Waals surface area (Å²) in [5.74, 6) is -0.930. The first-order chi connectivity index (χ1) is 29.0. The van der Waals surface area contributed by atoms with Gasteiger partial charge in [0.05, 0.1) is 27.7 Å². The molecule has 0 fully saturated rings. The Bertz CT molecular complexity index is 1340. The third-order valence-electron chi connectivity index (χ3n) is 9.10. The van der Waals surface area contributed by atoms with Gasteiger partial charge < -0.3 is 18.9 Å². The molecule has 0 spiro atoms. The van der Waals surface area contributed by atoms with Crippen molar-refractivity contribution in [1.82, 2.24) is 0 Å². The van der Waals surface area contributed by atoms with Gasteiger partial charge in [0.1, 0.15) is 19.8 Å². The van der Waals surface area contributed by atoms with E-state index in [4.69, 9.17) is 18.5 Å². The second-order valence-electron chi connectivity index (χ2n) is 16.1. The molecule has 1 unspecified atom stereocenters. The molecule has 0 bridgehead atoms. The lowest BCUT2D eigenvalue weighted by atomic mass is 10.1. The van der Waals surface area contributed by atoms with E-state index >= 15 is 0 Å². The molecule has 10 heteroatoms. The van der Waals surface area contributed by atoms with Gasteiger partial charge in [-0.05, 0) is 89.9 Å². The van der Waals surface area contributed by atoms with Crippen molar-refractivity contribution in [3.05, 3.63) is 97.2 Å². The predicted molar refractivity (Wildman–Crippen MR) is 252 cm³/mol. The van der Waals surface area contributed by atoms with E-state index in [-0.39, 0.29) is 26.1 Å². The lowest BCUT2D eigenvalue weighted by Crippen LogP contribution is -2.37. The normalized spacial score (nSPS) is 14.4. The fraction of sp³-hybridized carbons (Fsp3) is 0.640. The summed E-state index contributed by atoms with van der Waals surface area (Å²) in [6.45, 7) is 4.23. The highest BCUT2D eigenvalue weighted by Crippen LogP contribution is 2.43. The quantitative estimate of drug-likeness (QED) is 0.0213. The van der Waals surface area contributed by atoms with E-state index in [0.29, 0.717) is 23.9 Å². The maximum Gasteiger partial charge on any atom is 0.472 e. The van der Waals surface area contributed by atoms with Gasteiger partial charge in [-0.3, -0.25) is 18.6 Å². The summed E-state index contributed by atoms with van der Waals surface area (Å²) in [6.07, 6.45) is 54.7. The van der Waals surface area contributed by atoms with E-state index in [9.17, 15) is 19.0 Å². The van der Waals surface area contributed by atoms with Crippen molar-refractivity contribution in [2.75, 3.05) is 47.5 Å². The van der Waals surface area contributed by atoms with E-state index in [1.165, 1.54) is 51.4 Å². The molecule has 342 valence electrons. The third kappa shape index (κ3) is 44.5. The van der Waals surface area contributed by atoms with Crippen molar-refractivity contribution >= 4 is 19.8 Å². The summed E-state index contributed by atoms with van der Waals surface area (Å²) >= 11 is 0. The molecule has 0 saturated carbocycles. The van der Waals surface area contributed by atoms with Crippen LogP contribution < -0.4 is 0 Å². The van der Waals surface area contributed by atoms with Crippen LogP contribution in [0.15, 0.2) is 97.2 Å². The smallest absolute Gasteiger partial charge is 0.462 e. The topological polar surface area (TPSA) is 108 Å². The number of nitrogens with zero attached hydrogens (tertiary/aromatic N) is 1. The SMILES string of the molecule is CCCCC/C=C\C/C=C\C/C=C\C/C=C\C/C=C\CCC(=O)O[C@H](COC(=O)CCCCCC/C=C\C/C=C\C/C=C\CCCCC)COP(=O)(O)OCC[N+](C)(C)C. The zero-order valence-corrected chi connectivity index (χ0v) is 39.3. The highest BCUT2D eigenvalue weighted by molar-refractivity contribution is 7.47. The van der Waals surface area contributed by atoms with Crippen molar-refractivity contribution in [3.63, 3.8) is 0 Å². The van der Waals surface area contributed by atoms with Gasteiger partial charge in [0.15, 0.2) is 6.10 Å². The maximum absolute atomic E-state index is 12.7. The van der Waals surface area contributed by atoms with Crippen molar-refractivity contribution in [1.29, 1.82) is 0 Å². The fourth-order valence-electron chi connectivity index (χ4n) is 5.47. The van der Waals surface area contributed by atoms with Gasteiger partial charge in [-0.1, -0.05) is 150 Å². The summed E-state index contributed by atoms with van der Waals surface area (Å²) in [5, 5.41) is 0. The number of quaternary nitrogens is 1. The van der Waals surface area contributed by atoms with Crippen LogP contribution in [-0.4, -0.2) is 74.9 Å². The molecule has 2 atom stereocenters. The number of ether oxygens (including phenoxy) is 2. The number of hydrogen-bond acceptors (Lipinski definition) is 7. The number of rotatable bonds is 40. The highest BCUT2D eigenvalue weighted by Gasteiger charge is 2.27. The van der Waals surface area contributed by atoms with Crippen LogP contribution in [0.2, 0.25) is 0 Å². The summed E-state index contributed by atoms with van der Waals surface area (Å²) < 4.78 is 34.2. The highest BCUT2D eigenvalue weighted by atomic mass is 31.2. The van der Waals surface area contributed by atoms with Crippen LogP contribution in [0.3, 0.4) is 0 Å². The fourth-order valence-corrected chi connectivity index (χ4v) is 6.21. The van der Waals surface area contributed by atoms with Crippen LogP contribution in [0.25, 0.3) is 0 Å². The second-order valence-corrected chi connectivity index (χ2v) is 17.5. The van der Waals surface area contributed by atoms with Crippen molar-refractivity contribution < 1.29 is 42.1 Å². The molecule has 0 saturated heterocycles. The summed E-state index contributed by atoms with van der Waals surface area (Å²) in [7, 11) is 1.40. The first kappa shape index (κ1) is 56.9. The minimum absolute atomic E-state index is 0.00903. The minimum Gasteiger partial charge on any atom is -0.462 e. The zero-order chi connectivity index (χ0) is 44.3. The molecule has 0 radical (unpaired) electrons. The first-order valence-corrected chi connectivity index (χ1v) is 24.5. The summed E-state index contributed by atoms with van der Waals surface area (Å²) in [4.78, 5) is 35.4. The van der Waals surface area contributed by atoms with Gasteiger partial charge >= 0.3 is 19.8 Å². The van der Waals surface area contributed by atoms with E-state index in [1.54, 1.807) is 0 Å². The lowest BCUT2D eigenvalue weighted by molar-refractivity contribution is -0.870. The second kappa shape index (κ2) is 41.3. The summed E-state index contributed by atoms with van der Waals surface area (Å²) in [6, 6.07) is 0. The molecule has 0 aromatic rings. The average molecular weight is 859 g/mol. The Hall–Kier alpha value is -3.07. The van der Waals surface area contributed by atoms with Crippen molar-refractivity contribution in [2.24, 2.45) is 0 Å². The lowest BCUT2D eigenvalue weighted by Gasteiger charge is -2.24. The Morgan fingerprint density at radius 1 is 0.517 bits per heavy atom. The Morgan fingerprint density at radius 3 is 1.38 bits per heavy atom. The number of esters is 2. The largest absolute Gasteiger partial charge is 0.472 e. The molecule has 0 aromatic carbocycles. The molecule has 9 nitrogen and oxygen atoms in total. The van der Waals surface area contributed by atoms with Crippen LogP contribution in [-0.2, 0) is 32.7 Å². The first-order valence-electron chi connectivity index (χ1n) is 23.0. The Morgan fingerprint density at radius 2 is 0.933 bits per heavy atom. The van der Waals surface area contributed by atoms with E-state index in [0.717, 1.165) is 64.2 Å². The van der Waals surface area contributed by atoms with Crippen LogP contribution in [0.5, 0.6) is 0 Å². The number of phosphoric acid groups is 1. The van der Waals surface area contributed by atoms with Gasteiger partial charge in [-0.15, -0.1) is 0 Å². The van der Waals surface area contributed by atoms with Gasteiger partial charge in [0.25, 0.3) is 0 Å². The number of unbranched alkanes of at least 4 members (excludes halogenated alkanes) is 10. The Labute approximate surface area is 366 Å². The van der Waals surface area contributed by atoms with Crippen molar-refractivity contribution in [3.8, 4) is 0 Å². The number of hydrogen-bond donors (Lipinski definition) is 1. The average Bonchev–Trinajstić information content (AvgIpc) is 3.20. The molecule has 60 heavy (non-hydrogen) atoms. The monoisotopic (exact) mass is 859 g/mol. The summed E-state index contributed by atoms with van der Waals surface area (Å²) in [5.41, 5.74) is 0. The minimum atomic E-state index is -4.41. The number of likely N-dealkylation sites (N-methyl/N-ethyl adjacent to an activating group) is 1. The molecule has 0 rings (SSSR count). The van der Waals surface area contributed by atoms with Gasteiger partial charge in [0, 0.05) is 12.8 Å². The van der Waals surface area contributed by atoms with E-state index < -0.39 is 32.5 Å². The maximum atomic E-state index is 12.7. The molecule has 0 amide bonds. The van der Waals surface area contributed by atoms with Gasteiger partial charge in [0.2, 0.25) is 0 Å². The van der Waals surface area contributed by atoms with Gasteiger partial charge in [-0.25, -0.2) is 4.57 Å². The number of carbonyl (C=O) groups is 2. The zero-order valence-electron chi connectivity index (χ0n) is 38.4. The molecule has 0 aliphatic heterocycles. The molecular formula is C50H85NO8P+. The number of allylic oxidation sites excluding steroid dienone is 16. The number of carbonyl (C=O) groups excluding carboxylic acids is 2. The predicted octanol–water partition coefficient (Wildman–Crippen LogP) is 13.4. The molecule has 0 aliphatic carbocycles. The molecule has 0 heterocycles. The Balaban J connectivity index is 4.53.